The maximum atomic E-state index is 12.8. The molecule has 0 atom stereocenters. The van der Waals surface area contributed by atoms with Gasteiger partial charge in [0.15, 0.2) is 11.5 Å². The van der Waals surface area contributed by atoms with Gasteiger partial charge in [-0.3, -0.25) is 9.69 Å². The van der Waals surface area contributed by atoms with Gasteiger partial charge in [0.05, 0.1) is 14.2 Å². The zero-order valence-corrected chi connectivity index (χ0v) is 21.1. The highest BCUT2D eigenvalue weighted by Gasteiger charge is 2.21. The maximum Gasteiger partial charge on any atom is 0.251 e. The van der Waals surface area contributed by atoms with E-state index in [0.29, 0.717) is 17.1 Å². The van der Waals surface area contributed by atoms with Gasteiger partial charge >= 0.3 is 0 Å². The van der Waals surface area contributed by atoms with Crippen LogP contribution in [0, 0.1) is 6.92 Å². The van der Waals surface area contributed by atoms with Crippen molar-refractivity contribution in [3.8, 4) is 11.5 Å². The summed E-state index contributed by atoms with van der Waals surface area (Å²) in [6, 6.07) is 15.4. The molecule has 1 amide bonds. The molecular weight excluding hydrogens is 464 g/mol. The summed E-state index contributed by atoms with van der Waals surface area (Å²) in [5, 5.41) is 3.62. The minimum absolute atomic E-state index is 0.139. The average molecular weight is 495 g/mol. The molecule has 1 aromatic heterocycles. The first kappa shape index (κ1) is 24.8. The summed E-state index contributed by atoms with van der Waals surface area (Å²) in [5.41, 5.74) is 3.55. The number of nitrogens with one attached hydrogen (secondary N) is 1. The molecule has 1 saturated heterocycles. The van der Waals surface area contributed by atoms with Crippen molar-refractivity contribution in [2.75, 3.05) is 45.3 Å². The third-order valence-corrected chi connectivity index (χ3v) is 6.75. The molecule has 1 aliphatic heterocycles. The van der Waals surface area contributed by atoms with Crippen molar-refractivity contribution in [1.82, 2.24) is 15.2 Å². The monoisotopic (exact) mass is 494 g/mol. The van der Waals surface area contributed by atoms with E-state index >= 15 is 0 Å². The van der Waals surface area contributed by atoms with Crippen molar-refractivity contribution >= 4 is 23.3 Å². The number of nitrogens with zero attached hydrogens (tertiary/aromatic N) is 3. The Hall–Kier alpha value is -3.29. The molecule has 0 aliphatic carbocycles. The predicted octanol–water partition coefficient (Wildman–Crippen LogP) is 4.31. The van der Waals surface area contributed by atoms with Crippen molar-refractivity contribution in [2.24, 2.45) is 0 Å². The number of halogens is 1. The number of aromatic nitrogens is 1. The van der Waals surface area contributed by atoms with Crippen molar-refractivity contribution in [2.45, 2.75) is 20.0 Å². The second-order valence-corrected chi connectivity index (χ2v) is 8.94. The molecule has 0 spiro atoms. The van der Waals surface area contributed by atoms with Gasteiger partial charge in [0.25, 0.3) is 5.91 Å². The summed E-state index contributed by atoms with van der Waals surface area (Å²) in [6.07, 6.45) is 1.80. The third-order valence-electron chi connectivity index (χ3n) is 6.35. The van der Waals surface area contributed by atoms with E-state index in [1.165, 1.54) is 5.56 Å². The number of methoxy groups -OCH3 is 2. The molecule has 0 radical (unpaired) electrons. The van der Waals surface area contributed by atoms with E-state index in [1.54, 1.807) is 38.6 Å². The summed E-state index contributed by atoms with van der Waals surface area (Å²) in [5.74, 6) is 2.26. The lowest BCUT2D eigenvalue weighted by molar-refractivity contribution is 0.0950. The SMILES string of the molecule is COc1ccc(CN2CCN(c3ncccc3CNC(=O)c3cccc(Cl)c3C)CC2)cc1OC. The van der Waals surface area contributed by atoms with Gasteiger partial charge in [-0.2, -0.15) is 0 Å². The number of carbonyl (C=O) groups excluding carboxylic acids is 1. The molecule has 0 saturated carbocycles. The van der Waals surface area contributed by atoms with Gasteiger partial charge in [-0.15, -0.1) is 0 Å². The predicted molar refractivity (Wildman–Crippen MR) is 139 cm³/mol. The number of hydrogen-bond acceptors (Lipinski definition) is 6. The van der Waals surface area contributed by atoms with Gasteiger partial charge < -0.3 is 19.7 Å². The van der Waals surface area contributed by atoms with Crippen molar-refractivity contribution in [1.29, 1.82) is 0 Å². The Bertz CT molecular complexity index is 1180. The van der Waals surface area contributed by atoms with E-state index in [4.69, 9.17) is 21.1 Å². The van der Waals surface area contributed by atoms with Crippen LogP contribution >= 0.6 is 11.6 Å². The Labute approximate surface area is 211 Å². The minimum Gasteiger partial charge on any atom is -0.493 e. The number of hydrogen-bond donors (Lipinski definition) is 1. The molecule has 2 heterocycles. The summed E-state index contributed by atoms with van der Waals surface area (Å²) in [6.45, 7) is 6.65. The smallest absolute Gasteiger partial charge is 0.251 e. The Morgan fingerprint density at radius 2 is 1.80 bits per heavy atom. The second kappa shape index (κ2) is 11.4. The van der Waals surface area contributed by atoms with E-state index in [9.17, 15) is 4.79 Å². The molecule has 1 aliphatic rings. The van der Waals surface area contributed by atoms with E-state index in [0.717, 1.165) is 61.2 Å². The van der Waals surface area contributed by atoms with Crippen LogP contribution in [0.1, 0.15) is 27.0 Å². The standard InChI is InChI=1S/C27H31ClN4O3/c1-19-22(7-4-8-23(19)28)27(33)30-17-21-6-5-11-29-26(21)32-14-12-31(13-15-32)18-20-9-10-24(34-2)25(16-20)35-3/h4-11,16H,12-15,17-18H2,1-3H3,(H,30,33). The van der Waals surface area contributed by atoms with Crippen LogP contribution < -0.4 is 19.7 Å². The lowest BCUT2D eigenvalue weighted by Gasteiger charge is -2.36. The third kappa shape index (κ3) is 5.86. The summed E-state index contributed by atoms with van der Waals surface area (Å²) in [4.78, 5) is 22.1. The number of pyridine rings is 1. The van der Waals surface area contributed by atoms with Gasteiger partial charge in [-0.1, -0.05) is 29.8 Å². The first-order valence-corrected chi connectivity index (χ1v) is 12.0. The molecular formula is C27H31ClN4O3. The Morgan fingerprint density at radius 1 is 1.03 bits per heavy atom. The van der Waals surface area contributed by atoms with Crippen molar-refractivity contribution < 1.29 is 14.3 Å². The highest BCUT2D eigenvalue weighted by atomic mass is 35.5. The van der Waals surface area contributed by atoms with E-state index in [2.05, 4.69) is 26.2 Å². The number of rotatable bonds is 8. The fraction of sp³-hybridized carbons (Fsp3) is 0.333. The summed E-state index contributed by atoms with van der Waals surface area (Å²) >= 11 is 6.18. The molecule has 0 bridgehead atoms. The van der Waals surface area contributed by atoms with Gasteiger partial charge in [-0.25, -0.2) is 4.98 Å². The van der Waals surface area contributed by atoms with Gasteiger partial charge in [0.2, 0.25) is 0 Å². The van der Waals surface area contributed by atoms with Gasteiger partial charge in [-0.05, 0) is 48.4 Å². The van der Waals surface area contributed by atoms with Crippen LogP contribution in [0.5, 0.6) is 11.5 Å². The topological polar surface area (TPSA) is 66.9 Å². The number of amides is 1. The van der Waals surface area contributed by atoms with E-state index < -0.39 is 0 Å². The molecule has 8 heteroatoms. The van der Waals surface area contributed by atoms with E-state index in [-0.39, 0.29) is 5.91 Å². The fourth-order valence-electron chi connectivity index (χ4n) is 4.33. The van der Waals surface area contributed by atoms with Crippen molar-refractivity contribution in [3.05, 3.63) is 82.0 Å². The van der Waals surface area contributed by atoms with Gasteiger partial charge in [0.1, 0.15) is 5.82 Å². The molecule has 184 valence electrons. The van der Waals surface area contributed by atoms with Crippen LogP contribution in [0.4, 0.5) is 5.82 Å². The molecule has 35 heavy (non-hydrogen) atoms. The first-order valence-electron chi connectivity index (χ1n) is 11.7. The number of ether oxygens (including phenoxy) is 2. The zero-order chi connectivity index (χ0) is 24.8. The second-order valence-electron chi connectivity index (χ2n) is 8.53. The number of piperazine rings is 1. The molecule has 4 rings (SSSR count). The molecule has 2 aromatic carbocycles. The van der Waals surface area contributed by atoms with Crippen LogP contribution in [0.3, 0.4) is 0 Å². The highest BCUT2D eigenvalue weighted by Crippen LogP contribution is 2.28. The Morgan fingerprint density at radius 3 is 2.54 bits per heavy atom. The van der Waals surface area contributed by atoms with Crippen LogP contribution in [0.25, 0.3) is 0 Å². The van der Waals surface area contributed by atoms with Crippen LogP contribution in [0.2, 0.25) is 5.02 Å². The quantitative estimate of drug-likeness (QED) is 0.503. The number of benzene rings is 2. The lowest BCUT2D eigenvalue weighted by atomic mass is 10.1. The largest absolute Gasteiger partial charge is 0.493 e. The molecule has 0 unspecified atom stereocenters. The Kier molecular flexibility index (Phi) is 8.10. The van der Waals surface area contributed by atoms with Gasteiger partial charge in [0, 0.05) is 61.6 Å². The molecule has 3 aromatic rings. The van der Waals surface area contributed by atoms with Crippen molar-refractivity contribution in [3.63, 3.8) is 0 Å². The fourth-order valence-corrected chi connectivity index (χ4v) is 4.51. The normalized spacial score (nSPS) is 14.0. The summed E-state index contributed by atoms with van der Waals surface area (Å²) in [7, 11) is 3.30. The average Bonchev–Trinajstić information content (AvgIpc) is 2.89. The van der Waals surface area contributed by atoms with Crippen LogP contribution in [-0.4, -0.2) is 56.2 Å². The van der Waals surface area contributed by atoms with Crippen LogP contribution in [-0.2, 0) is 13.1 Å². The molecule has 1 fully saturated rings. The summed E-state index contributed by atoms with van der Waals surface area (Å²) < 4.78 is 10.8. The van der Waals surface area contributed by atoms with Crippen LogP contribution in [0.15, 0.2) is 54.7 Å². The number of carbonyl (C=O) groups is 1. The minimum atomic E-state index is -0.139. The zero-order valence-electron chi connectivity index (χ0n) is 20.4. The highest BCUT2D eigenvalue weighted by molar-refractivity contribution is 6.31. The first-order chi connectivity index (χ1) is 17.0. The Balaban J connectivity index is 1.36. The maximum absolute atomic E-state index is 12.8. The lowest BCUT2D eigenvalue weighted by Crippen LogP contribution is -2.46. The molecule has 1 N–H and O–H groups in total. The molecule has 7 nitrogen and oxygen atoms in total. The van der Waals surface area contributed by atoms with E-state index in [1.807, 2.05) is 31.2 Å². The number of anilines is 1.